The second-order valence-corrected chi connectivity index (χ2v) is 4.32. The van der Waals surface area contributed by atoms with Crippen molar-refractivity contribution in [2.24, 2.45) is 0 Å². The van der Waals surface area contributed by atoms with Crippen molar-refractivity contribution in [3.8, 4) is 0 Å². The van der Waals surface area contributed by atoms with Gasteiger partial charge in [0.1, 0.15) is 5.76 Å². The minimum absolute atomic E-state index is 0.0780. The molecule has 1 unspecified atom stereocenters. The normalized spacial score (nSPS) is 21.4. The molecule has 3 nitrogen and oxygen atoms in total. The molecule has 2 rings (SSSR count). The van der Waals surface area contributed by atoms with Crippen molar-refractivity contribution in [1.29, 1.82) is 0 Å². The minimum Gasteiger partial charge on any atom is -0.469 e. The molecule has 16 heavy (non-hydrogen) atoms. The molecule has 0 aromatic carbocycles. The summed E-state index contributed by atoms with van der Waals surface area (Å²) in [6.07, 6.45) is 7.19. The average Bonchev–Trinajstić information content (AvgIpc) is 2.77. The Balaban J connectivity index is 1.75. The van der Waals surface area contributed by atoms with Crippen LogP contribution in [0.5, 0.6) is 0 Å². The zero-order chi connectivity index (χ0) is 11.4. The number of hydrogen-bond acceptors (Lipinski definition) is 2. The van der Waals surface area contributed by atoms with Gasteiger partial charge in [0.15, 0.2) is 0 Å². The van der Waals surface area contributed by atoms with Crippen molar-refractivity contribution < 1.29 is 9.21 Å². The second-order valence-electron chi connectivity index (χ2n) is 4.32. The van der Waals surface area contributed by atoms with E-state index in [0.717, 1.165) is 37.9 Å². The Morgan fingerprint density at radius 2 is 2.44 bits per heavy atom. The van der Waals surface area contributed by atoms with Crippen LogP contribution in [0.3, 0.4) is 0 Å². The lowest BCUT2D eigenvalue weighted by molar-refractivity contribution is -0.130. The molecule has 1 saturated heterocycles. The molecule has 2 heterocycles. The molecule has 0 bridgehead atoms. The number of aryl methyl sites for hydroxylation is 1. The Hall–Kier alpha value is -1.19. The first-order chi connectivity index (χ1) is 7.77. The standard InChI is InChI=1S/C12H16BNO2/c13-14-10(5-2-8-12(14)15)4-1-6-11-7-3-9-16-11/h3,7,9-10H,1-2,4-6,8H2. The van der Waals surface area contributed by atoms with Crippen molar-refractivity contribution in [1.82, 2.24) is 4.81 Å². The molecule has 1 aromatic rings. The Bertz CT molecular complexity index is 337. The quantitative estimate of drug-likeness (QED) is 0.723. The molecule has 1 aliphatic heterocycles. The molecule has 0 spiro atoms. The molecule has 1 amide bonds. The summed E-state index contributed by atoms with van der Waals surface area (Å²) in [7, 11) is 5.74. The Morgan fingerprint density at radius 1 is 1.56 bits per heavy atom. The summed E-state index contributed by atoms with van der Waals surface area (Å²) >= 11 is 0. The van der Waals surface area contributed by atoms with E-state index in [-0.39, 0.29) is 11.9 Å². The van der Waals surface area contributed by atoms with Crippen LogP contribution in [0.15, 0.2) is 22.8 Å². The summed E-state index contributed by atoms with van der Waals surface area (Å²) in [6.45, 7) is 0. The molecule has 1 aliphatic rings. The van der Waals surface area contributed by atoms with Gasteiger partial charge in [0, 0.05) is 18.9 Å². The summed E-state index contributed by atoms with van der Waals surface area (Å²) < 4.78 is 5.26. The number of carbonyl (C=O) groups excluding carboxylic acids is 1. The summed E-state index contributed by atoms with van der Waals surface area (Å²) in [4.78, 5) is 12.8. The largest absolute Gasteiger partial charge is 0.469 e. The number of nitrogens with zero attached hydrogens (tertiary/aromatic N) is 1. The van der Waals surface area contributed by atoms with Gasteiger partial charge in [-0.3, -0.25) is 4.79 Å². The van der Waals surface area contributed by atoms with Gasteiger partial charge in [-0.25, -0.2) is 0 Å². The fourth-order valence-electron chi connectivity index (χ4n) is 2.21. The monoisotopic (exact) mass is 217 g/mol. The molecule has 1 atom stereocenters. The highest BCUT2D eigenvalue weighted by Crippen LogP contribution is 2.20. The maximum Gasteiger partial charge on any atom is 0.230 e. The third kappa shape index (κ3) is 2.68. The topological polar surface area (TPSA) is 33.5 Å². The smallest absolute Gasteiger partial charge is 0.230 e. The SMILES string of the molecule is [B]N1C(=O)CCCC1CCCc1ccco1. The highest BCUT2D eigenvalue weighted by molar-refractivity contribution is 6.14. The molecule has 1 fully saturated rings. The third-order valence-electron chi connectivity index (χ3n) is 3.15. The van der Waals surface area contributed by atoms with E-state index < -0.39 is 0 Å². The molecule has 2 radical (unpaired) electrons. The van der Waals surface area contributed by atoms with Crippen molar-refractivity contribution in [2.45, 2.75) is 44.6 Å². The highest BCUT2D eigenvalue weighted by Gasteiger charge is 2.23. The van der Waals surface area contributed by atoms with Crippen LogP contribution >= 0.6 is 0 Å². The maximum atomic E-state index is 11.4. The van der Waals surface area contributed by atoms with Gasteiger partial charge in [-0.05, 0) is 37.8 Å². The number of piperidine rings is 1. The first-order valence-corrected chi connectivity index (χ1v) is 5.86. The van der Waals surface area contributed by atoms with Crippen LogP contribution in [0, 0.1) is 0 Å². The van der Waals surface area contributed by atoms with Crippen LogP contribution in [0.25, 0.3) is 0 Å². The Morgan fingerprint density at radius 3 is 3.19 bits per heavy atom. The zero-order valence-corrected chi connectivity index (χ0v) is 9.39. The van der Waals surface area contributed by atoms with Crippen molar-refractivity contribution >= 4 is 13.9 Å². The number of hydrogen-bond donors (Lipinski definition) is 0. The van der Waals surface area contributed by atoms with E-state index in [1.165, 1.54) is 4.81 Å². The predicted molar refractivity (Wildman–Crippen MR) is 61.9 cm³/mol. The number of amides is 1. The number of carbonyl (C=O) groups is 1. The maximum absolute atomic E-state index is 11.4. The minimum atomic E-state index is 0.0780. The van der Waals surface area contributed by atoms with Gasteiger partial charge in [0.05, 0.1) is 6.26 Å². The average molecular weight is 217 g/mol. The van der Waals surface area contributed by atoms with Gasteiger partial charge in [0.2, 0.25) is 13.9 Å². The Labute approximate surface area is 97.2 Å². The Kier molecular flexibility index (Phi) is 3.70. The third-order valence-corrected chi connectivity index (χ3v) is 3.15. The zero-order valence-electron chi connectivity index (χ0n) is 9.39. The van der Waals surface area contributed by atoms with Gasteiger partial charge < -0.3 is 9.23 Å². The van der Waals surface area contributed by atoms with Crippen LogP contribution in [0.4, 0.5) is 0 Å². The molecule has 4 heteroatoms. The van der Waals surface area contributed by atoms with Crippen LogP contribution in [-0.2, 0) is 11.2 Å². The summed E-state index contributed by atoms with van der Waals surface area (Å²) in [5.74, 6) is 1.08. The van der Waals surface area contributed by atoms with E-state index in [4.69, 9.17) is 12.4 Å². The molecule has 84 valence electrons. The van der Waals surface area contributed by atoms with Crippen LogP contribution < -0.4 is 0 Å². The van der Waals surface area contributed by atoms with E-state index in [9.17, 15) is 4.79 Å². The van der Waals surface area contributed by atoms with Gasteiger partial charge in [0.25, 0.3) is 0 Å². The van der Waals surface area contributed by atoms with E-state index in [1.807, 2.05) is 12.1 Å². The first kappa shape index (κ1) is 11.3. The highest BCUT2D eigenvalue weighted by atomic mass is 16.3. The van der Waals surface area contributed by atoms with Crippen molar-refractivity contribution in [2.75, 3.05) is 0 Å². The van der Waals surface area contributed by atoms with Crippen molar-refractivity contribution in [3.05, 3.63) is 24.2 Å². The lowest BCUT2D eigenvalue weighted by Crippen LogP contribution is -2.41. The van der Waals surface area contributed by atoms with E-state index in [2.05, 4.69) is 0 Å². The molecule has 1 aromatic heterocycles. The fourth-order valence-corrected chi connectivity index (χ4v) is 2.21. The summed E-state index contributed by atoms with van der Waals surface area (Å²) in [5, 5.41) is 0. The second kappa shape index (κ2) is 5.24. The van der Waals surface area contributed by atoms with Gasteiger partial charge in [-0.1, -0.05) is 0 Å². The molecule has 0 aliphatic carbocycles. The van der Waals surface area contributed by atoms with E-state index >= 15 is 0 Å². The van der Waals surface area contributed by atoms with Gasteiger partial charge in [-0.2, -0.15) is 0 Å². The molecule has 0 saturated carbocycles. The van der Waals surface area contributed by atoms with Crippen LogP contribution in [-0.4, -0.2) is 24.7 Å². The predicted octanol–water partition coefficient (Wildman–Crippen LogP) is 2.07. The van der Waals surface area contributed by atoms with Crippen molar-refractivity contribution in [3.63, 3.8) is 0 Å². The van der Waals surface area contributed by atoms with Crippen LogP contribution in [0.1, 0.15) is 37.9 Å². The van der Waals surface area contributed by atoms with Crippen LogP contribution in [0.2, 0.25) is 0 Å². The van der Waals surface area contributed by atoms with Gasteiger partial charge >= 0.3 is 0 Å². The fraction of sp³-hybridized carbons (Fsp3) is 0.583. The van der Waals surface area contributed by atoms with E-state index in [0.29, 0.717) is 6.42 Å². The van der Waals surface area contributed by atoms with Gasteiger partial charge in [-0.15, -0.1) is 0 Å². The number of rotatable bonds is 4. The summed E-state index contributed by atoms with van der Waals surface area (Å²) in [5.41, 5.74) is 0. The molecular weight excluding hydrogens is 201 g/mol. The lowest BCUT2D eigenvalue weighted by Gasteiger charge is -2.33. The summed E-state index contributed by atoms with van der Waals surface area (Å²) in [6, 6.07) is 4.09. The number of furan rings is 1. The van der Waals surface area contributed by atoms with E-state index in [1.54, 1.807) is 6.26 Å². The first-order valence-electron chi connectivity index (χ1n) is 5.86. The molecular formula is C12H16BNO2. The lowest BCUT2D eigenvalue weighted by atomic mass is 9.93. The molecule has 0 N–H and O–H groups in total.